The van der Waals surface area contributed by atoms with Crippen molar-refractivity contribution in [1.82, 2.24) is 4.90 Å². The van der Waals surface area contributed by atoms with Crippen LogP contribution in [0, 0.1) is 17.0 Å². The highest BCUT2D eigenvalue weighted by molar-refractivity contribution is 8.26. The van der Waals surface area contributed by atoms with Crippen molar-refractivity contribution in [3.05, 3.63) is 56.7 Å². The molecular weight excluding hydrogens is 408 g/mol. The fraction of sp³-hybridized carbons (Fsp3) is 0.333. The van der Waals surface area contributed by atoms with Gasteiger partial charge in [0.1, 0.15) is 15.8 Å². The average Bonchev–Trinajstić information content (AvgIpc) is 3.27. The first-order chi connectivity index (χ1) is 13.9. The van der Waals surface area contributed by atoms with Crippen LogP contribution in [-0.2, 0) is 4.79 Å². The number of aryl methyl sites for hydroxylation is 1. The zero-order chi connectivity index (χ0) is 20.5. The number of nitro groups is 1. The van der Waals surface area contributed by atoms with E-state index in [2.05, 4.69) is 0 Å². The first kappa shape index (κ1) is 19.8. The lowest BCUT2D eigenvalue weighted by Crippen LogP contribution is -2.39. The number of rotatable bonds is 4. The number of thiocarbonyl (C=S) groups is 1. The van der Waals surface area contributed by atoms with Gasteiger partial charge in [0, 0.05) is 29.3 Å². The summed E-state index contributed by atoms with van der Waals surface area (Å²) in [5, 5.41) is 11.2. The molecule has 150 valence electrons. The normalized spacial score (nSPS) is 19.3. The second kappa shape index (κ2) is 8.12. The lowest BCUT2D eigenvalue weighted by atomic mass is 9.94. The molecule has 2 fully saturated rings. The van der Waals surface area contributed by atoms with Crippen molar-refractivity contribution in [2.45, 2.75) is 45.1 Å². The van der Waals surface area contributed by atoms with Crippen molar-refractivity contribution in [3.8, 4) is 11.3 Å². The van der Waals surface area contributed by atoms with E-state index in [-0.39, 0.29) is 17.6 Å². The molecule has 1 aliphatic heterocycles. The van der Waals surface area contributed by atoms with Gasteiger partial charge in [-0.25, -0.2) is 0 Å². The molecule has 1 aliphatic carbocycles. The van der Waals surface area contributed by atoms with Crippen molar-refractivity contribution in [3.63, 3.8) is 0 Å². The smallest absolute Gasteiger partial charge is 0.273 e. The standard InChI is InChI=1S/C21H20N2O4S2/c1-13-7-8-14(11-17(13)23(25)26)18-10-9-16(27-18)12-19-20(24)22(21(28)29-19)15-5-3-2-4-6-15/h7-12,15H,2-6H2,1H3/b19-12-. The molecule has 0 radical (unpaired) electrons. The van der Waals surface area contributed by atoms with Crippen LogP contribution >= 0.6 is 24.0 Å². The third kappa shape index (κ3) is 4.00. The van der Waals surface area contributed by atoms with Gasteiger partial charge in [0.15, 0.2) is 0 Å². The molecule has 6 nitrogen and oxygen atoms in total. The van der Waals surface area contributed by atoms with Crippen LogP contribution in [0.15, 0.2) is 39.7 Å². The van der Waals surface area contributed by atoms with Gasteiger partial charge in [-0.05, 0) is 31.9 Å². The number of benzene rings is 1. The molecule has 4 rings (SSSR count). The van der Waals surface area contributed by atoms with Crippen molar-refractivity contribution in [1.29, 1.82) is 0 Å². The molecule has 1 saturated heterocycles. The van der Waals surface area contributed by atoms with Crippen molar-refractivity contribution in [2.24, 2.45) is 0 Å². The van der Waals surface area contributed by atoms with E-state index in [1.807, 2.05) is 0 Å². The minimum Gasteiger partial charge on any atom is -0.457 e. The van der Waals surface area contributed by atoms with Crippen LogP contribution in [-0.4, -0.2) is 26.1 Å². The number of furan rings is 1. The van der Waals surface area contributed by atoms with Crippen LogP contribution in [0.2, 0.25) is 0 Å². The number of carbonyl (C=O) groups is 1. The second-order valence-electron chi connectivity index (χ2n) is 7.30. The van der Waals surface area contributed by atoms with Crippen molar-refractivity contribution < 1.29 is 14.1 Å². The molecule has 2 aromatic rings. The van der Waals surface area contributed by atoms with Gasteiger partial charge < -0.3 is 4.42 Å². The van der Waals surface area contributed by atoms with E-state index in [0.29, 0.717) is 31.9 Å². The third-order valence-electron chi connectivity index (χ3n) is 5.35. The summed E-state index contributed by atoms with van der Waals surface area (Å²) in [6, 6.07) is 8.69. The zero-order valence-electron chi connectivity index (χ0n) is 15.9. The van der Waals surface area contributed by atoms with E-state index >= 15 is 0 Å². The number of nitrogens with zero attached hydrogens (tertiary/aromatic N) is 2. The van der Waals surface area contributed by atoms with E-state index in [1.165, 1.54) is 24.2 Å². The van der Waals surface area contributed by atoms with Gasteiger partial charge in [-0.2, -0.15) is 0 Å². The highest BCUT2D eigenvalue weighted by atomic mass is 32.2. The number of hydrogen-bond donors (Lipinski definition) is 0. The Bertz CT molecular complexity index is 1020. The summed E-state index contributed by atoms with van der Waals surface area (Å²) >= 11 is 6.76. The molecular formula is C21H20N2O4S2. The largest absolute Gasteiger partial charge is 0.457 e. The lowest BCUT2D eigenvalue weighted by molar-refractivity contribution is -0.385. The Hall–Kier alpha value is -2.45. The van der Waals surface area contributed by atoms with Crippen LogP contribution in [0.5, 0.6) is 0 Å². The summed E-state index contributed by atoms with van der Waals surface area (Å²) < 4.78 is 6.45. The van der Waals surface area contributed by atoms with Crippen molar-refractivity contribution in [2.75, 3.05) is 0 Å². The van der Waals surface area contributed by atoms with Gasteiger partial charge in [0.05, 0.1) is 9.83 Å². The number of carbonyl (C=O) groups excluding carboxylic acids is 1. The fourth-order valence-electron chi connectivity index (χ4n) is 3.81. The fourth-order valence-corrected chi connectivity index (χ4v) is 5.19. The molecule has 29 heavy (non-hydrogen) atoms. The molecule has 1 aromatic carbocycles. The number of nitro benzene ring substituents is 1. The van der Waals surface area contributed by atoms with Crippen LogP contribution in [0.25, 0.3) is 17.4 Å². The molecule has 0 atom stereocenters. The summed E-state index contributed by atoms with van der Waals surface area (Å²) in [5.74, 6) is 0.977. The van der Waals surface area contributed by atoms with E-state index < -0.39 is 4.92 Å². The average molecular weight is 429 g/mol. The number of amides is 1. The maximum Gasteiger partial charge on any atom is 0.273 e. The minimum absolute atomic E-state index is 0.0498. The summed E-state index contributed by atoms with van der Waals surface area (Å²) in [5.41, 5.74) is 1.27. The highest BCUT2D eigenvalue weighted by Crippen LogP contribution is 2.38. The topological polar surface area (TPSA) is 76.6 Å². The van der Waals surface area contributed by atoms with Gasteiger partial charge in [0.25, 0.3) is 11.6 Å². The molecule has 1 aromatic heterocycles. The maximum absolute atomic E-state index is 12.9. The highest BCUT2D eigenvalue weighted by Gasteiger charge is 2.37. The van der Waals surface area contributed by atoms with Gasteiger partial charge >= 0.3 is 0 Å². The lowest BCUT2D eigenvalue weighted by Gasteiger charge is -2.29. The molecule has 0 spiro atoms. The van der Waals surface area contributed by atoms with Crippen LogP contribution in [0.3, 0.4) is 0 Å². The monoisotopic (exact) mass is 428 g/mol. The van der Waals surface area contributed by atoms with Crippen LogP contribution in [0.1, 0.15) is 43.4 Å². The second-order valence-corrected chi connectivity index (χ2v) is 8.98. The SMILES string of the molecule is Cc1ccc(-c2ccc(/C=C3\SC(=S)N(C4CCCCC4)C3=O)o2)cc1[N+](=O)[O-]. The Kier molecular flexibility index (Phi) is 5.56. The molecule has 0 unspecified atom stereocenters. The predicted octanol–water partition coefficient (Wildman–Crippen LogP) is 5.70. The number of thioether (sulfide) groups is 1. The van der Waals surface area contributed by atoms with E-state index in [1.54, 1.807) is 42.2 Å². The van der Waals surface area contributed by atoms with E-state index in [9.17, 15) is 14.9 Å². The maximum atomic E-state index is 12.9. The molecule has 1 amide bonds. The summed E-state index contributed by atoms with van der Waals surface area (Å²) in [4.78, 5) is 26.0. The van der Waals surface area contributed by atoms with E-state index in [0.717, 1.165) is 25.7 Å². The summed E-state index contributed by atoms with van der Waals surface area (Å²) in [6.07, 6.45) is 7.17. The van der Waals surface area contributed by atoms with Crippen molar-refractivity contribution >= 4 is 46.0 Å². The Balaban J connectivity index is 1.57. The molecule has 0 bridgehead atoms. The van der Waals surface area contributed by atoms with Gasteiger partial charge in [-0.3, -0.25) is 19.8 Å². The molecule has 0 N–H and O–H groups in total. The minimum atomic E-state index is -0.403. The first-order valence-electron chi connectivity index (χ1n) is 9.56. The Labute approximate surface area is 178 Å². The summed E-state index contributed by atoms with van der Waals surface area (Å²) in [7, 11) is 0. The molecule has 8 heteroatoms. The Morgan fingerprint density at radius 1 is 1.24 bits per heavy atom. The van der Waals surface area contributed by atoms with Gasteiger partial charge in [-0.1, -0.05) is 55.4 Å². The zero-order valence-corrected chi connectivity index (χ0v) is 17.6. The Morgan fingerprint density at radius 3 is 2.72 bits per heavy atom. The third-order valence-corrected chi connectivity index (χ3v) is 6.68. The Morgan fingerprint density at radius 2 is 2.00 bits per heavy atom. The predicted molar refractivity (Wildman–Crippen MR) is 117 cm³/mol. The first-order valence-corrected chi connectivity index (χ1v) is 10.8. The van der Waals surface area contributed by atoms with Crippen LogP contribution < -0.4 is 0 Å². The summed E-state index contributed by atoms with van der Waals surface area (Å²) in [6.45, 7) is 1.70. The number of hydrogen-bond acceptors (Lipinski definition) is 6. The molecule has 1 saturated carbocycles. The molecule has 2 aliphatic rings. The molecule has 2 heterocycles. The van der Waals surface area contributed by atoms with E-state index in [4.69, 9.17) is 16.6 Å². The van der Waals surface area contributed by atoms with Gasteiger partial charge in [0.2, 0.25) is 0 Å². The van der Waals surface area contributed by atoms with Gasteiger partial charge in [-0.15, -0.1) is 0 Å². The van der Waals surface area contributed by atoms with Crippen LogP contribution in [0.4, 0.5) is 5.69 Å². The quantitative estimate of drug-likeness (QED) is 0.269.